The minimum Gasteiger partial charge on any atom is -0.488 e. The van der Waals surface area contributed by atoms with Crippen LogP contribution in [0.2, 0.25) is 0 Å². The topological polar surface area (TPSA) is 75.3 Å². The number of fused-ring (bicyclic) bond motifs is 4. The van der Waals surface area contributed by atoms with Gasteiger partial charge in [0.05, 0.1) is 30.3 Å². The van der Waals surface area contributed by atoms with Crippen molar-refractivity contribution in [1.29, 1.82) is 5.26 Å². The number of halogens is 2. The van der Waals surface area contributed by atoms with E-state index in [0.717, 1.165) is 54.9 Å². The largest absolute Gasteiger partial charge is 0.488 e. The minimum absolute atomic E-state index is 0.00682. The second kappa shape index (κ2) is 9.49. The number of rotatable bonds is 3. The molecule has 0 bridgehead atoms. The highest BCUT2D eigenvalue weighted by Crippen LogP contribution is 2.40. The molecule has 0 radical (unpaired) electrons. The average molecular weight is 526 g/mol. The molecule has 0 saturated carbocycles. The van der Waals surface area contributed by atoms with Crippen LogP contribution in [0.5, 0.6) is 5.75 Å². The molecule has 0 unspecified atom stereocenters. The third-order valence-corrected chi connectivity index (χ3v) is 7.91. The van der Waals surface area contributed by atoms with Crippen molar-refractivity contribution < 1.29 is 18.3 Å². The third-order valence-electron chi connectivity index (χ3n) is 7.91. The van der Waals surface area contributed by atoms with Crippen LogP contribution in [0, 0.1) is 23.1 Å². The molecule has 9 heteroatoms. The third kappa shape index (κ3) is 4.13. The van der Waals surface area contributed by atoms with Gasteiger partial charge in [0.15, 0.2) is 6.19 Å². The van der Waals surface area contributed by atoms with Crippen molar-refractivity contribution in [1.82, 2.24) is 14.5 Å². The van der Waals surface area contributed by atoms with Gasteiger partial charge in [-0.2, -0.15) is 5.26 Å². The SMILES string of the molecule is N#CNc1nc2cc(C=C3c4ccc(F)cc4OCc4c(F)cccc43)ccc2n1[C@@H]1C[C@H]2COCCN2C1. The van der Waals surface area contributed by atoms with E-state index >= 15 is 0 Å². The molecule has 39 heavy (non-hydrogen) atoms. The van der Waals surface area contributed by atoms with Crippen molar-refractivity contribution in [2.75, 3.05) is 31.6 Å². The van der Waals surface area contributed by atoms with Crippen molar-refractivity contribution in [2.45, 2.75) is 25.1 Å². The quantitative estimate of drug-likeness (QED) is 0.288. The molecule has 3 aliphatic heterocycles. The van der Waals surface area contributed by atoms with Gasteiger partial charge < -0.3 is 14.0 Å². The van der Waals surface area contributed by atoms with Crippen LogP contribution >= 0.6 is 0 Å². The van der Waals surface area contributed by atoms with E-state index in [2.05, 4.69) is 14.8 Å². The van der Waals surface area contributed by atoms with Crippen LogP contribution in [0.4, 0.5) is 14.7 Å². The summed E-state index contributed by atoms with van der Waals surface area (Å²) in [5.41, 5.74) is 5.05. The van der Waals surface area contributed by atoms with Gasteiger partial charge in [0, 0.05) is 36.3 Å². The molecule has 196 valence electrons. The second-order valence-electron chi connectivity index (χ2n) is 10.2. The summed E-state index contributed by atoms with van der Waals surface area (Å²) in [6.07, 6.45) is 4.90. The summed E-state index contributed by atoms with van der Waals surface area (Å²) in [5, 5.41) is 12.2. The number of hydrogen-bond acceptors (Lipinski definition) is 6. The Morgan fingerprint density at radius 3 is 2.87 bits per heavy atom. The Morgan fingerprint density at radius 2 is 2.00 bits per heavy atom. The Balaban J connectivity index is 1.34. The normalized spacial score (nSPS) is 21.5. The maximum Gasteiger partial charge on any atom is 0.217 e. The van der Waals surface area contributed by atoms with Gasteiger partial charge in [0.25, 0.3) is 0 Å². The van der Waals surface area contributed by atoms with E-state index in [1.165, 1.54) is 18.2 Å². The number of nitrogens with one attached hydrogen (secondary N) is 1. The highest BCUT2D eigenvalue weighted by atomic mass is 19.1. The average Bonchev–Trinajstić information content (AvgIpc) is 3.47. The van der Waals surface area contributed by atoms with Gasteiger partial charge in [0.1, 0.15) is 24.0 Å². The molecule has 3 aromatic carbocycles. The van der Waals surface area contributed by atoms with Crippen molar-refractivity contribution in [2.24, 2.45) is 0 Å². The number of hydrogen-bond donors (Lipinski definition) is 1. The fourth-order valence-corrected chi connectivity index (χ4v) is 6.12. The minimum atomic E-state index is -0.418. The number of morpholine rings is 1. The molecule has 1 N–H and O–H groups in total. The number of nitriles is 1. The molecule has 0 aliphatic carbocycles. The molecular weight excluding hydrogens is 500 g/mol. The van der Waals surface area contributed by atoms with E-state index in [-0.39, 0.29) is 18.5 Å². The molecule has 2 fully saturated rings. The molecule has 1 aromatic heterocycles. The molecule has 0 spiro atoms. The Bertz CT molecular complexity index is 1660. The molecule has 4 aromatic rings. The number of anilines is 1. The first-order valence-corrected chi connectivity index (χ1v) is 13.0. The van der Waals surface area contributed by atoms with Gasteiger partial charge in [-0.25, -0.2) is 13.8 Å². The highest BCUT2D eigenvalue weighted by Gasteiger charge is 2.36. The molecule has 2 saturated heterocycles. The van der Waals surface area contributed by atoms with Crippen LogP contribution in [0.25, 0.3) is 22.7 Å². The van der Waals surface area contributed by atoms with Crippen LogP contribution in [-0.2, 0) is 11.3 Å². The molecule has 7 rings (SSSR count). The summed E-state index contributed by atoms with van der Waals surface area (Å²) in [7, 11) is 0. The van der Waals surface area contributed by atoms with Crippen LogP contribution in [0.1, 0.15) is 34.7 Å². The number of nitrogens with zero attached hydrogens (tertiary/aromatic N) is 4. The van der Waals surface area contributed by atoms with Crippen molar-refractivity contribution in [3.05, 3.63) is 88.5 Å². The van der Waals surface area contributed by atoms with E-state index in [0.29, 0.717) is 34.4 Å². The van der Waals surface area contributed by atoms with E-state index in [1.54, 1.807) is 12.1 Å². The maximum absolute atomic E-state index is 14.8. The van der Waals surface area contributed by atoms with Crippen LogP contribution in [0.3, 0.4) is 0 Å². The first-order valence-electron chi connectivity index (χ1n) is 13.0. The Kier molecular flexibility index (Phi) is 5.80. The lowest BCUT2D eigenvalue weighted by atomic mass is 9.92. The zero-order valence-corrected chi connectivity index (χ0v) is 21.0. The lowest BCUT2D eigenvalue weighted by molar-refractivity contribution is 0.0128. The molecular formula is C30H25F2N5O2. The predicted molar refractivity (Wildman–Crippen MR) is 143 cm³/mol. The molecule has 7 nitrogen and oxygen atoms in total. The Morgan fingerprint density at radius 1 is 1.08 bits per heavy atom. The highest BCUT2D eigenvalue weighted by molar-refractivity contribution is 5.96. The monoisotopic (exact) mass is 525 g/mol. The van der Waals surface area contributed by atoms with Crippen LogP contribution in [-0.4, -0.2) is 46.8 Å². The summed E-state index contributed by atoms with van der Waals surface area (Å²) in [6, 6.07) is 15.8. The summed E-state index contributed by atoms with van der Waals surface area (Å²) >= 11 is 0. The van der Waals surface area contributed by atoms with E-state index in [9.17, 15) is 14.0 Å². The lowest BCUT2D eigenvalue weighted by Crippen LogP contribution is -2.40. The zero-order valence-electron chi connectivity index (χ0n) is 21.0. The Labute approximate surface area is 223 Å². The maximum atomic E-state index is 14.8. The second-order valence-corrected chi connectivity index (χ2v) is 10.2. The molecule has 3 aliphatic rings. The van der Waals surface area contributed by atoms with E-state index < -0.39 is 5.82 Å². The standard InChI is InChI=1S/C30H25F2N5O2/c31-19-5-6-23-24(22-2-1-3-26(32)25(22)16-39-29(23)12-19)10-18-4-7-28-27(11-18)35-30(34-17-33)37(28)20-13-21-15-38-9-8-36(21)14-20/h1-7,10-12,20-21H,8-9,13-16H2,(H,34,35)/t20-,21+/m1/s1. The van der Waals surface area contributed by atoms with Gasteiger partial charge in [0.2, 0.25) is 5.95 Å². The first-order chi connectivity index (χ1) is 19.1. The van der Waals surface area contributed by atoms with Gasteiger partial charge in [-0.1, -0.05) is 18.2 Å². The fourth-order valence-electron chi connectivity index (χ4n) is 6.12. The van der Waals surface area contributed by atoms with Gasteiger partial charge in [-0.05, 0) is 59.5 Å². The van der Waals surface area contributed by atoms with E-state index in [4.69, 9.17) is 14.5 Å². The number of imidazole rings is 1. The zero-order chi connectivity index (χ0) is 26.5. The summed E-state index contributed by atoms with van der Waals surface area (Å²) in [4.78, 5) is 7.21. The molecule has 4 heterocycles. The van der Waals surface area contributed by atoms with E-state index in [1.807, 2.05) is 36.5 Å². The number of ether oxygens (including phenoxy) is 2. The van der Waals surface area contributed by atoms with Crippen LogP contribution in [0.15, 0.2) is 54.6 Å². The first kappa shape index (κ1) is 23.8. The summed E-state index contributed by atoms with van der Waals surface area (Å²) in [5.74, 6) is 0.0913. The molecule has 2 atom stereocenters. The lowest BCUT2D eigenvalue weighted by Gasteiger charge is -2.28. The van der Waals surface area contributed by atoms with Gasteiger partial charge in [-0.3, -0.25) is 10.2 Å². The summed E-state index contributed by atoms with van der Waals surface area (Å²) in [6.45, 7) is 3.25. The van der Waals surface area contributed by atoms with Crippen LogP contribution < -0.4 is 10.1 Å². The Hall–Kier alpha value is -4.26. The van der Waals surface area contributed by atoms with Crippen molar-refractivity contribution in [3.63, 3.8) is 0 Å². The van der Waals surface area contributed by atoms with Crippen molar-refractivity contribution in [3.8, 4) is 11.9 Å². The smallest absolute Gasteiger partial charge is 0.217 e. The van der Waals surface area contributed by atoms with Crippen molar-refractivity contribution >= 4 is 28.6 Å². The predicted octanol–water partition coefficient (Wildman–Crippen LogP) is 5.33. The fraction of sp³-hybridized carbons (Fsp3) is 0.267. The van der Waals surface area contributed by atoms with Gasteiger partial charge >= 0.3 is 0 Å². The number of aromatic nitrogens is 2. The van der Waals surface area contributed by atoms with Gasteiger partial charge in [-0.15, -0.1) is 0 Å². The number of benzene rings is 3. The molecule has 0 amide bonds. The summed E-state index contributed by atoms with van der Waals surface area (Å²) < 4.78 is 42.5.